The van der Waals surface area contributed by atoms with Crippen molar-refractivity contribution in [2.75, 3.05) is 19.8 Å². The Bertz CT molecular complexity index is 1000. The first-order valence-corrected chi connectivity index (χ1v) is 10.3. The molecule has 0 radical (unpaired) electrons. The number of ketones is 1. The zero-order valence-corrected chi connectivity index (χ0v) is 16.5. The molecule has 3 aliphatic rings. The summed E-state index contributed by atoms with van der Waals surface area (Å²) >= 11 is 0. The smallest absolute Gasteiger partial charge is 0.295 e. The van der Waals surface area contributed by atoms with Crippen LogP contribution in [0.25, 0.3) is 5.76 Å². The molecule has 4 heterocycles. The van der Waals surface area contributed by atoms with Crippen molar-refractivity contribution < 1.29 is 28.6 Å². The third-order valence-corrected chi connectivity index (χ3v) is 5.96. The molecule has 0 saturated carbocycles. The highest BCUT2D eigenvalue weighted by Crippen LogP contribution is 2.41. The number of aryl methyl sites for hydroxylation is 1. The molecule has 1 amide bonds. The van der Waals surface area contributed by atoms with E-state index < -0.39 is 17.7 Å². The molecule has 0 aliphatic carbocycles. The van der Waals surface area contributed by atoms with Crippen LogP contribution >= 0.6 is 0 Å². The van der Waals surface area contributed by atoms with Gasteiger partial charge < -0.3 is 23.9 Å². The topological polar surface area (TPSA) is 89.2 Å². The van der Waals surface area contributed by atoms with Crippen LogP contribution in [0.2, 0.25) is 0 Å². The summed E-state index contributed by atoms with van der Waals surface area (Å²) in [6.07, 6.45) is 4.87. The fraction of sp³-hybridized carbons (Fsp3) is 0.391. The molecule has 156 valence electrons. The van der Waals surface area contributed by atoms with Gasteiger partial charge in [-0.05, 0) is 61.6 Å². The molecule has 3 aliphatic heterocycles. The predicted octanol–water partition coefficient (Wildman–Crippen LogP) is 3.21. The number of carbonyl (C=O) groups is 2. The number of aliphatic hydroxyl groups excluding tert-OH is 1. The second kappa shape index (κ2) is 7.65. The van der Waals surface area contributed by atoms with E-state index in [1.54, 1.807) is 24.3 Å². The first-order valence-electron chi connectivity index (χ1n) is 10.3. The van der Waals surface area contributed by atoms with Crippen molar-refractivity contribution in [2.24, 2.45) is 0 Å². The van der Waals surface area contributed by atoms with Gasteiger partial charge >= 0.3 is 0 Å². The van der Waals surface area contributed by atoms with Gasteiger partial charge in [-0.15, -0.1) is 0 Å². The minimum atomic E-state index is -0.781. The first kappa shape index (κ1) is 18.9. The SMILES string of the molecule is O=C1C(=O)N(CC2CCCO2)C(c2ccco2)/C1=C(/O)c1ccc2c(c1)CCCO2. The molecule has 0 spiro atoms. The van der Waals surface area contributed by atoms with Gasteiger partial charge in [-0.2, -0.15) is 0 Å². The van der Waals surface area contributed by atoms with Crippen LogP contribution in [0.1, 0.15) is 42.2 Å². The average Bonchev–Trinajstić information content (AvgIpc) is 3.52. The van der Waals surface area contributed by atoms with Crippen LogP contribution in [0.5, 0.6) is 5.75 Å². The molecule has 0 bridgehead atoms. The second-order valence-electron chi connectivity index (χ2n) is 7.88. The van der Waals surface area contributed by atoms with E-state index in [9.17, 15) is 14.7 Å². The van der Waals surface area contributed by atoms with Crippen LogP contribution in [0.4, 0.5) is 0 Å². The van der Waals surface area contributed by atoms with Crippen LogP contribution in [-0.4, -0.2) is 47.6 Å². The van der Waals surface area contributed by atoms with E-state index in [1.807, 2.05) is 6.07 Å². The average molecular weight is 409 g/mol. The summed E-state index contributed by atoms with van der Waals surface area (Å²) in [5.74, 6) is -0.317. The third kappa shape index (κ3) is 3.19. The summed E-state index contributed by atoms with van der Waals surface area (Å²) in [6.45, 7) is 1.60. The van der Waals surface area contributed by atoms with E-state index in [4.69, 9.17) is 13.9 Å². The highest BCUT2D eigenvalue weighted by molar-refractivity contribution is 6.46. The number of likely N-dealkylation sites (tertiary alicyclic amines) is 1. The molecule has 1 aromatic carbocycles. The molecule has 2 atom stereocenters. The number of fused-ring (bicyclic) bond motifs is 1. The van der Waals surface area contributed by atoms with E-state index in [0.29, 0.717) is 24.5 Å². The minimum Gasteiger partial charge on any atom is -0.507 e. The Kier molecular flexibility index (Phi) is 4.83. The summed E-state index contributed by atoms with van der Waals surface area (Å²) in [5.41, 5.74) is 1.52. The Hall–Kier alpha value is -3.06. The van der Waals surface area contributed by atoms with Crippen LogP contribution in [-0.2, 0) is 20.7 Å². The lowest BCUT2D eigenvalue weighted by Crippen LogP contribution is -2.36. The number of rotatable bonds is 4. The number of hydrogen-bond donors (Lipinski definition) is 1. The van der Waals surface area contributed by atoms with Crippen molar-refractivity contribution in [3.05, 3.63) is 59.1 Å². The zero-order valence-electron chi connectivity index (χ0n) is 16.5. The normalized spacial score (nSPS) is 25.4. The monoisotopic (exact) mass is 409 g/mol. The van der Waals surface area contributed by atoms with Gasteiger partial charge in [0.15, 0.2) is 0 Å². The number of aliphatic hydroxyl groups is 1. The molecule has 1 aromatic heterocycles. The maximum absolute atomic E-state index is 13.0. The fourth-order valence-corrected chi connectivity index (χ4v) is 4.48. The van der Waals surface area contributed by atoms with E-state index in [1.165, 1.54) is 11.2 Å². The molecular weight excluding hydrogens is 386 g/mol. The number of hydrogen-bond acceptors (Lipinski definition) is 6. The zero-order chi connectivity index (χ0) is 20.7. The van der Waals surface area contributed by atoms with Gasteiger partial charge in [0.05, 0.1) is 24.5 Å². The van der Waals surface area contributed by atoms with Crippen LogP contribution < -0.4 is 4.74 Å². The molecule has 2 fully saturated rings. The van der Waals surface area contributed by atoms with Crippen molar-refractivity contribution in [1.82, 2.24) is 4.90 Å². The molecule has 2 saturated heterocycles. The molecule has 5 rings (SSSR count). The van der Waals surface area contributed by atoms with E-state index in [2.05, 4.69) is 0 Å². The van der Waals surface area contributed by atoms with Gasteiger partial charge in [0.2, 0.25) is 0 Å². The number of nitrogens with zero attached hydrogens (tertiary/aromatic N) is 1. The number of ether oxygens (including phenoxy) is 2. The Morgan fingerprint density at radius 2 is 2.07 bits per heavy atom. The van der Waals surface area contributed by atoms with E-state index >= 15 is 0 Å². The number of benzene rings is 1. The quantitative estimate of drug-likeness (QED) is 0.474. The molecule has 30 heavy (non-hydrogen) atoms. The Labute approximate surface area is 173 Å². The van der Waals surface area contributed by atoms with Gasteiger partial charge in [0.25, 0.3) is 11.7 Å². The van der Waals surface area contributed by atoms with Crippen molar-refractivity contribution in [2.45, 2.75) is 37.8 Å². The van der Waals surface area contributed by atoms with Crippen molar-refractivity contribution in [3.63, 3.8) is 0 Å². The van der Waals surface area contributed by atoms with Gasteiger partial charge in [-0.3, -0.25) is 9.59 Å². The van der Waals surface area contributed by atoms with Crippen molar-refractivity contribution in [3.8, 4) is 5.75 Å². The molecule has 2 aromatic rings. The summed E-state index contributed by atoms with van der Waals surface area (Å²) in [7, 11) is 0. The molecule has 2 unspecified atom stereocenters. The van der Waals surface area contributed by atoms with Crippen LogP contribution in [0.15, 0.2) is 46.6 Å². The summed E-state index contributed by atoms with van der Waals surface area (Å²) < 4.78 is 16.9. The Morgan fingerprint density at radius 1 is 1.17 bits per heavy atom. The van der Waals surface area contributed by atoms with Gasteiger partial charge in [0.1, 0.15) is 23.3 Å². The maximum atomic E-state index is 13.0. The number of furan rings is 1. The third-order valence-electron chi connectivity index (χ3n) is 5.96. The fourth-order valence-electron chi connectivity index (χ4n) is 4.48. The van der Waals surface area contributed by atoms with Crippen LogP contribution in [0, 0.1) is 0 Å². The Balaban J connectivity index is 1.57. The van der Waals surface area contributed by atoms with Crippen molar-refractivity contribution >= 4 is 17.4 Å². The second-order valence-corrected chi connectivity index (χ2v) is 7.88. The lowest BCUT2D eigenvalue weighted by Gasteiger charge is -2.25. The lowest BCUT2D eigenvalue weighted by molar-refractivity contribution is -0.141. The maximum Gasteiger partial charge on any atom is 0.295 e. The van der Waals surface area contributed by atoms with Gasteiger partial charge in [-0.25, -0.2) is 0 Å². The first-order chi connectivity index (χ1) is 14.6. The molecule has 7 nitrogen and oxygen atoms in total. The van der Waals surface area contributed by atoms with E-state index in [-0.39, 0.29) is 24.0 Å². The van der Waals surface area contributed by atoms with E-state index in [0.717, 1.165) is 37.0 Å². The standard InChI is InChI=1S/C23H23NO6/c25-21(15-7-8-17-14(12-15)4-1-10-29-17)19-20(18-6-3-11-30-18)24(23(27)22(19)26)13-16-5-2-9-28-16/h3,6-8,11-12,16,20,25H,1-2,4-5,9-10,13H2/b21-19-. The Morgan fingerprint density at radius 3 is 2.83 bits per heavy atom. The van der Waals surface area contributed by atoms with Gasteiger partial charge in [-0.1, -0.05) is 0 Å². The summed E-state index contributed by atoms with van der Waals surface area (Å²) in [5, 5.41) is 11.1. The molecule has 1 N–H and O–H groups in total. The highest BCUT2D eigenvalue weighted by Gasteiger charge is 2.48. The summed E-state index contributed by atoms with van der Waals surface area (Å²) in [4.78, 5) is 27.3. The predicted molar refractivity (Wildman–Crippen MR) is 107 cm³/mol. The number of carbonyl (C=O) groups excluding carboxylic acids is 2. The van der Waals surface area contributed by atoms with Crippen LogP contribution in [0.3, 0.4) is 0 Å². The minimum absolute atomic E-state index is 0.0459. The highest BCUT2D eigenvalue weighted by atomic mass is 16.5. The molecule has 7 heteroatoms. The molecular formula is C23H23NO6. The largest absolute Gasteiger partial charge is 0.507 e. The summed E-state index contributed by atoms with van der Waals surface area (Å²) in [6, 6.07) is 7.98. The van der Waals surface area contributed by atoms with Crippen molar-refractivity contribution in [1.29, 1.82) is 0 Å². The number of amides is 1. The number of Topliss-reactive ketones (excluding diaryl/α,β-unsaturated/α-hetero) is 1. The lowest BCUT2D eigenvalue weighted by atomic mass is 9.96. The van der Waals surface area contributed by atoms with Gasteiger partial charge in [0, 0.05) is 18.7 Å².